The van der Waals surface area contributed by atoms with E-state index in [4.69, 9.17) is 5.11 Å². The molecule has 0 amide bonds. The Hall–Kier alpha value is -1.41. The van der Waals surface area contributed by atoms with E-state index in [0.717, 1.165) is 12.4 Å². The van der Waals surface area contributed by atoms with Crippen LogP contribution in [0.5, 0.6) is 0 Å². The molecule has 0 radical (unpaired) electrons. The van der Waals surface area contributed by atoms with Crippen molar-refractivity contribution in [3.05, 3.63) is 18.2 Å². The van der Waals surface area contributed by atoms with Gasteiger partial charge in [-0.15, -0.1) is 5.10 Å². The number of aromatic nitrogens is 6. The molecule has 92 valence electrons. The first-order valence-corrected chi connectivity index (χ1v) is 6.33. The van der Waals surface area contributed by atoms with E-state index in [0.29, 0.717) is 17.5 Å². The lowest BCUT2D eigenvalue weighted by molar-refractivity contribution is 0.262. The number of rotatable bonds is 6. The number of aliphatic hydroxyl groups is 1. The molecule has 1 N–H and O–H groups in total. The van der Waals surface area contributed by atoms with Crippen LogP contribution in [0.25, 0.3) is 0 Å². The summed E-state index contributed by atoms with van der Waals surface area (Å²) in [5.74, 6) is 1.71. The molecule has 0 spiro atoms. The number of hydrogen-bond acceptors (Lipinski definition) is 6. The van der Waals surface area contributed by atoms with Gasteiger partial charge in [-0.2, -0.15) is 0 Å². The summed E-state index contributed by atoms with van der Waals surface area (Å²) >= 11 is 1.51. The third-order valence-electron chi connectivity index (χ3n) is 2.28. The highest BCUT2D eigenvalue weighted by atomic mass is 32.2. The molecule has 0 atom stereocenters. The minimum Gasteiger partial charge on any atom is -0.394 e. The molecule has 0 unspecified atom stereocenters. The lowest BCUT2D eigenvalue weighted by atomic mass is 10.6. The number of aryl methyl sites for hydroxylation is 1. The van der Waals surface area contributed by atoms with Gasteiger partial charge in [-0.3, -0.25) is 0 Å². The smallest absolute Gasteiger partial charge is 0.209 e. The number of nitrogens with zero attached hydrogens (tertiary/aromatic N) is 6. The quantitative estimate of drug-likeness (QED) is 0.740. The van der Waals surface area contributed by atoms with Gasteiger partial charge in [0.25, 0.3) is 0 Å². The predicted molar refractivity (Wildman–Crippen MR) is 62.4 cm³/mol. The second-order valence-corrected chi connectivity index (χ2v) is 4.27. The van der Waals surface area contributed by atoms with Crippen LogP contribution >= 0.6 is 11.8 Å². The maximum atomic E-state index is 8.85. The fourth-order valence-electron chi connectivity index (χ4n) is 1.43. The van der Waals surface area contributed by atoms with Crippen molar-refractivity contribution in [2.45, 2.75) is 30.9 Å². The zero-order valence-electron chi connectivity index (χ0n) is 9.52. The first kappa shape index (κ1) is 12.1. The molecule has 7 nitrogen and oxygen atoms in total. The van der Waals surface area contributed by atoms with Crippen LogP contribution in [0.3, 0.4) is 0 Å². The standard InChI is InChI=1S/C9H14N6OS/c1-2-14-4-3-10-8(14)7-17-9-11-12-13-15(9)5-6-16/h3-4,16H,2,5-7H2,1H3. The Kier molecular flexibility index (Phi) is 4.10. The summed E-state index contributed by atoms with van der Waals surface area (Å²) < 4.78 is 3.66. The molecule has 17 heavy (non-hydrogen) atoms. The van der Waals surface area contributed by atoms with Gasteiger partial charge in [0, 0.05) is 18.9 Å². The van der Waals surface area contributed by atoms with Crippen LogP contribution in [0.4, 0.5) is 0 Å². The van der Waals surface area contributed by atoms with Gasteiger partial charge in [0.15, 0.2) is 0 Å². The molecule has 2 aromatic heterocycles. The van der Waals surface area contributed by atoms with Crippen LogP contribution in [-0.2, 0) is 18.8 Å². The summed E-state index contributed by atoms with van der Waals surface area (Å²) in [6.45, 7) is 3.42. The number of tetrazole rings is 1. The average molecular weight is 254 g/mol. The highest BCUT2D eigenvalue weighted by Gasteiger charge is 2.08. The summed E-state index contributed by atoms with van der Waals surface area (Å²) in [6, 6.07) is 0. The maximum Gasteiger partial charge on any atom is 0.209 e. The van der Waals surface area contributed by atoms with E-state index >= 15 is 0 Å². The number of aliphatic hydroxyl groups excluding tert-OH is 1. The van der Waals surface area contributed by atoms with Crippen LogP contribution in [0.15, 0.2) is 17.6 Å². The summed E-state index contributed by atoms with van der Waals surface area (Å²) in [6.07, 6.45) is 3.74. The van der Waals surface area contributed by atoms with Crippen molar-refractivity contribution >= 4 is 11.8 Å². The highest BCUT2D eigenvalue weighted by molar-refractivity contribution is 7.98. The van der Waals surface area contributed by atoms with E-state index < -0.39 is 0 Å². The van der Waals surface area contributed by atoms with Crippen molar-refractivity contribution in [1.29, 1.82) is 0 Å². The minimum atomic E-state index is 0.0299. The lowest BCUT2D eigenvalue weighted by Gasteiger charge is -2.04. The van der Waals surface area contributed by atoms with Crippen molar-refractivity contribution in [2.75, 3.05) is 6.61 Å². The average Bonchev–Trinajstić information content (AvgIpc) is 2.95. The van der Waals surface area contributed by atoms with Gasteiger partial charge in [0.05, 0.1) is 18.9 Å². The zero-order valence-corrected chi connectivity index (χ0v) is 10.3. The second-order valence-electron chi connectivity index (χ2n) is 3.33. The van der Waals surface area contributed by atoms with Crippen molar-refractivity contribution in [3.63, 3.8) is 0 Å². The number of hydrogen-bond donors (Lipinski definition) is 1. The van der Waals surface area contributed by atoms with Gasteiger partial charge >= 0.3 is 0 Å². The van der Waals surface area contributed by atoms with Gasteiger partial charge < -0.3 is 9.67 Å². The Balaban J connectivity index is 1.99. The Labute approximate surface area is 103 Å². The van der Waals surface area contributed by atoms with Gasteiger partial charge in [0.2, 0.25) is 5.16 Å². The minimum absolute atomic E-state index is 0.0299. The molecule has 2 heterocycles. The molecule has 0 saturated heterocycles. The first-order valence-electron chi connectivity index (χ1n) is 5.35. The maximum absolute atomic E-state index is 8.85. The third-order valence-corrected chi connectivity index (χ3v) is 3.24. The Morgan fingerprint density at radius 3 is 3.12 bits per heavy atom. The van der Waals surface area contributed by atoms with Crippen molar-refractivity contribution in [2.24, 2.45) is 0 Å². The molecule has 0 saturated carbocycles. The van der Waals surface area contributed by atoms with E-state index in [2.05, 4.69) is 32.0 Å². The van der Waals surface area contributed by atoms with Gasteiger partial charge in [0.1, 0.15) is 5.82 Å². The van der Waals surface area contributed by atoms with Crippen LogP contribution in [0.2, 0.25) is 0 Å². The number of thioether (sulfide) groups is 1. The molecule has 0 aliphatic carbocycles. The molecular formula is C9H14N6OS. The first-order chi connectivity index (χ1) is 8.35. The van der Waals surface area contributed by atoms with Gasteiger partial charge in [-0.1, -0.05) is 11.8 Å². The molecule has 0 aliphatic rings. The van der Waals surface area contributed by atoms with E-state index in [1.165, 1.54) is 11.8 Å². The Bertz CT molecular complexity index is 468. The Morgan fingerprint density at radius 1 is 1.47 bits per heavy atom. The summed E-state index contributed by atoms with van der Waals surface area (Å²) in [7, 11) is 0. The van der Waals surface area contributed by atoms with Gasteiger partial charge in [-0.05, 0) is 17.4 Å². The van der Waals surface area contributed by atoms with Crippen molar-refractivity contribution < 1.29 is 5.11 Å². The van der Waals surface area contributed by atoms with Crippen LogP contribution in [-0.4, -0.2) is 41.5 Å². The predicted octanol–water partition coefficient (Wildman–Crippen LogP) is 0.174. The van der Waals surface area contributed by atoms with Crippen LogP contribution in [0, 0.1) is 0 Å². The molecule has 8 heteroatoms. The van der Waals surface area contributed by atoms with Gasteiger partial charge in [-0.25, -0.2) is 9.67 Å². The largest absolute Gasteiger partial charge is 0.394 e. The molecule has 2 rings (SSSR count). The molecule has 0 aliphatic heterocycles. The number of imidazole rings is 1. The topological polar surface area (TPSA) is 81.7 Å². The summed E-state index contributed by atoms with van der Waals surface area (Å²) in [5.41, 5.74) is 0. The third kappa shape index (κ3) is 2.83. The van der Waals surface area contributed by atoms with Crippen molar-refractivity contribution in [3.8, 4) is 0 Å². The van der Waals surface area contributed by atoms with Crippen molar-refractivity contribution in [1.82, 2.24) is 29.8 Å². The molecule has 2 aromatic rings. The lowest BCUT2D eigenvalue weighted by Crippen LogP contribution is -2.06. The second kappa shape index (κ2) is 5.78. The monoisotopic (exact) mass is 254 g/mol. The molecule has 0 aromatic carbocycles. The molecular weight excluding hydrogens is 240 g/mol. The fourth-order valence-corrected chi connectivity index (χ4v) is 2.30. The normalized spacial score (nSPS) is 10.9. The van der Waals surface area contributed by atoms with E-state index in [-0.39, 0.29) is 6.61 Å². The van der Waals surface area contributed by atoms with Crippen LogP contribution < -0.4 is 0 Å². The highest BCUT2D eigenvalue weighted by Crippen LogP contribution is 2.18. The van der Waals surface area contributed by atoms with E-state index in [1.807, 2.05) is 6.20 Å². The molecule has 0 bridgehead atoms. The van der Waals surface area contributed by atoms with E-state index in [9.17, 15) is 0 Å². The zero-order chi connectivity index (χ0) is 12.1. The summed E-state index contributed by atoms with van der Waals surface area (Å²) in [4.78, 5) is 4.28. The summed E-state index contributed by atoms with van der Waals surface area (Å²) in [5, 5.41) is 20.8. The molecule has 0 fully saturated rings. The van der Waals surface area contributed by atoms with E-state index in [1.54, 1.807) is 10.9 Å². The SMILES string of the molecule is CCn1ccnc1CSc1nnnn1CCO. The fraction of sp³-hybridized carbons (Fsp3) is 0.556. The Morgan fingerprint density at radius 2 is 2.35 bits per heavy atom. The van der Waals surface area contributed by atoms with Crippen LogP contribution in [0.1, 0.15) is 12.7 Å².